The van der Waals surface area contributed by atoms with Crippen molar-refractivity contribution in [3.05, 3.63) is 68.1 Å². The van der Waals surface area contributed by atoms with Gasteiger partial charge in [0.15, 0.2) is 5.43 Å². The highest BCUT2D eigenvalue weighted by atomic mass is 35.5. The average molecular weight is 370 g/mol. The molecular weight excluding hydrogens is 350 g/mol. The standard InChI is InChI=1S/C21H20ClNO3/c1-21(2,3)19-8-12-11-5-4-6-16(22)13(11)7-14(12)17-9-18(24)15(20(25)26)10-23(17)19/h4-6,9-10,19H,7-8H2,1-3H3,(H,25,26)/t19-/m0/s1. The highest BCUT2D eigenvalue weighted by Gasteiger charge is 2.38. The quantitative estimate of drug-likeness (QED) is 0.795. The van der Waals surface area contributed by atoms with Gasteiger partial charge in [-0.3, -0.25) is 4.79 Å². The van der Waals surface area contributed by atoms with Gasteiger partial charge in [-0.25, -0.2) is 4.79 Å². The molecule has 1 aliphatic carbocycles. The molecule has 0 unspecified atom stereocenters. The van der Waals surface area contributed by atoms with Crippen LogP contribution in [0.3, 0.4) is 0 Å². The lowest BCUT2D eigenvalue weighted by atomic mass is 9.78. The molecule has 5 heteroatoms. The minimum absolute atomic E-state index is 0.0554. The van der Waals surface area contributed by atoms with Crippen LogP contribution < -0.4 is 5.43 Å². The Labute approximate surface area is 156 Å². The molecule has 1 aliphatic heterocycles. The maximum Gasteiger partial charge on any atom is 0.341 e. The summed E-state index contributed by atoms with van der Waals surface area (Å²) < 4.78 is 1.99. The van der Waals surface area contributed by atoms with Crippen molar-refractivity contribution < 1.29 is 9.90 Å². The highest BCUT2D eigenvalue weighted by molar-refractivity contribution is 6.32. The van der Waals surface area contributed by atoms with Crippen molar-refractivity contribution in [3.8, 4) is 0 Å². The van der Waals surface area contributed by atoms with Crippen molar-refractivity contribution in [2.75, 3.05) is 0 Å². The molecule has 4 nitrogen and oxygen atoms in total. The highest BCUT2D eigenvalue weighted by Crippen LogP contribution is 2.51. The zero-order chi connectivity index (χ0) is 18.8. The second kappa shape index (κ2) is 5.58. The van der Waals surface area contributed by atoms with Crippen molar-refractivity contribution in [1.29, 1.82) is 0 Å². The third-order valence-electron chi connectivity index (χ3n) is 5.51. The molecular formula is C21H20ClNO3. The van der Waals surface area contributed by atoms with Gasteiger partial charge in [0.2, 0.25) is 0 Å². The van der Waals surface area contributed by atoms with Gasteiger partial charge in [-0.1, -0.05) is 44.5 Å². The Kier molecular flexibility index (Phi) is 3.67. The topological polar surface area (TPSA) is 59.3 Å². The van der Waals surface area contributed by atoms with Crippen LogP contribution in [0.15, 0.2) is 35.3 Å². The molecule has 1 aromatic carbocycles. The van der Waals surface area contributed by atoms with Gasteiger partial charge in [-0.15, -0.1) is 0 Å². The molecule has 0 fully saturated rings. The van der Waals surface area contributed by atoms with Gasteiger partial charge in [0, 0.05) is 35.4 Å². The van der Waals surface area contributed by atoms with Crippen LogP contribution in [-0.2, 0) is 6.42 Å². The summed E-state index contributed by atoms with van der Waals surface area (Å²) in [4.78, 5) is 23.8. The van der Waals surface area contributed by atoms with E-state index in [0.717, 1.165) is 33.8 Å². The van der Waals surface area contributed by atoms with Gasteiger partial charge in [-0.2, -0.15) is 0 Å². The second-order valence-electron chi connectivity index (χ2n) is 8.13. The van der Waals surface area contributed by atoms with Gasteiger partial charge in [0.25, 0.3) is 0 Å². The van der Waals surface area contributed by atoms with E-state index in [-0.39, 0.29) is 17.0 Å². The van der Waals surface area contributed by atoms with Gasteiger partial charge >= 0.3 is 5.97 Å². The van der Waals surface area contributed by atoms with E-state index in [1.54, 1.807) is 0 Å². The van der Waals surface area contributed by atoms with E-state index in [4.69, 9.17) is 11.6 Å². The number of aromatic carboxylic acids is 1. The maximum atomic E-state index is 12.4. The molecule has 0 spiro atoms. The largest absolute Gasteiger partial charge is 0.477 e. The lowest BCUT2D eigenvalue weighted by Crippen LogP contribution is -2.32. The molecule has 4 rings (SSSR count). The lowest BCUT2D eigenvalue weighted by Gasteiger charge is -2.39. The van der Waals surface area contributed by atoms with Crippen LogP contribution in [0.1, 0.15) is 60.4 Å². The summed E-state index contributed by atoms with van der Waals surface area (Å²) in [6.07, 6.45) is 2.98. The third kappa shape index (κ3) is 2.43. The van der Waals surface area contributed by atoms with Gasteiger partial charge in [-0.05, 0) is 40.2 Å². The minimum atomic E-state index is -1.18. The van der Waals surface area contributed by atoms with E-state index >= 15 is 0 Å². The van der Waals surface area contributed by atoms with Gasteiger partial charge in [0.1, 0.15) is 5.56 Å². The van der Waals surface area contributed by atoms with Crippen LogP contribution >= 0.6 is 11.6 Å². The smallest absolute Gasteiger partial charge is 0.341 e. The Morgan fingerprint density at radius 1 is 1.27 bits per heavy atom. The Bertz CT molecular complexity index is 1040. The summed E-state index contributed by atoms with van der Waals surface area (Å²) in [6, 6.07) is 7.47. The summed E-state index contributed by atoms with van der Waals surface area (Å²) in [5.41, 5.74) is 4.64. The Balaban J connectivity index is 2.00. The summed E-state index contributed by atoms with van der Waals surface area (Å²) in [6.45, 7) is 6.41. The molecule has 1 aromatic heterocycles. The number of nitrogens with zero attached hydrogens (tertiary/aromatic N) is 1. The number of hydrogen-bond donors (Lipinski definition) is 1. The van der Waals surface area contributed by atoms with Crippen molar-refractivity contribution in [3.63, 3.8) is 0 Å². The first-order valence-corrected chi connectivity index (χ1v) is 9.06. The third-order valence-corrected chi connectivity index (χ3v) is 5.87. The molecule has 0 radical (unpaired) electrons. The molecule has 1 N–H and O–H groups in total. The Morgan fingerprint density at radius 2 is 2.00 bits per heavy atom. The van der Waals surface area contributed by atoms with Crippen molar-refractivity contribution in [1.82, 2.24) is 4.57 Å². The predicted molar refractivity (Wildman–Crippen MR) is 103 cm³/mol. The lowest BCUT2D eigenvalue weighted by molar-refractivity contribution is 0.0693. The van der Waals surface area contributed by atoms with Gasteiger partial charge in [0.05, 0.1) is 0 Å². The summed E-state index contributed by atoms with van der Waals surface area (Å²) >= 11 is 6.41. The van der Waals surface area contributed by atoms with E-state index in [2.05, 4.69) is 26.8 Å². The normalized spacial score (nSPS) is 18.4. The first-order valence-electron chi connectivity index (χ1n) is 8.68. The molecule has 0 amide bonds. The monoisotopic (exact) mass is 369 g/mol. The zero-order valence-corrected chi connectivity index (χ0v) is 15.7. The molecule has 2 aromatic rings. The predicted octanol–water partition coefficient (Wildman–Crippen LogP) is 4.66. The zero-order valence-electron chi connectivity index (χ0n) is 15.0. The van der Waals surface area contributed by atoms with Crippen LogP contribution in [0, 0.1) is 5.41 Å². The number of fused-ring (bicyclic) bond motifs is 4. The number of carbonyl (C=O) groups is 1. The SMILES string of the molecule is CC(C)(C)[C@@H]1CC2=C(Cc3c(Cl)cccc32)c2cc(=O)c(C(=O)O)cn21. The Hall–Kier alpha value is -2.33. The molecule has 1 atom stereocenters. The fourth-order valence-electron chi connectivity index (χ4n) is 4.17. The number of pyridine rings is 1. The van der Waals surface area contributed by atoms with E-state index in [1.165, 1.54) is 17.8 Å². The van der Waals surface area contributed by atoms with Gasteiger partial charge < -0.3 is 9.67 Å². The van der Waals surface area contributed by atoms with E-state index in [0.29, 0.717) is 6.42 Å². The van der Waals surface area contributed by atoms with Crippen LogP contribution in [0.2, 0.25) is 5.02 Å². The fraction of sp³-hybridized carbons (Fsp3) is 0.333. The summed E-state index contributed by atoms with van der Waals surface area (Å²) in [7, 11) is 0. The first kappa shape index (κ1) is 17.1. The maximum absolute atomic E-state index is 12.4. The molecule has 0 saturated heterocycles. The first-order chi connectivity index (χ1) is 12.2. The number of carboxylic acids is 1. The van der Waals surface area contributed by atoms with Crippen LogP contribution in [0.5, 0.6) is 0 Å². The minimum Gasteiger partial charge on any atom is -0.477 e. The van der Waals surface area contributed by atoms with Crippen LogP contribution in [-0.4, -0.2) is 15.6 Å². The molecule has 134 valence electrons. The van der Waals surface area contributed by atoms with Crippen molar-refractivity contribution in [2.24, 2.45) is 5.41 Å². The number of allylic oxidation sites excluding steroid dienone is 2. The number of hydrogen-bond acceptors (Lipinski definition) is 2. The molecule has 2 heterocycles. The molecule has 0 bridgehead atoms. The molecule has 2 aliphatic rings. The average Bonchev–Trinajstić information content (AvgIpc) is 2.93. The fourth-order valence-corrected chi connectivity index (χ4v) is 4.41. The molecule has 26 heavy (non-hydrogen) atoms. The summed E-state index contributed by atoms with van der Waals surface area (Å²) in [5, 5.41) is 10.1. The molecule has 0 saturated carbocycles. The van der Waals surface area contributed by atoms with Crippen molar-refractivity contribution in [2.45, 2.75) is 39.7 Å². The Morgan fingerprint density at radius 3 is 2.65 bits per heavy atom. The number of carboxylic acid groups (broad SMARTS) is 1. The van der Waals surface area contributed by atoms with Crippen molar-refractivity contribution >= 4 is 28.7 Å². The summed E-state index contributed by atoms with van der Waals surface area (Å²) in [5.74, 6) is -1.18. The second-order valence-corrected chi connectivity index (χ2v) is 8.54. The van der Waals surface area contributed by atoms with E-state index in [1.807, 2.05) is 16.7 Å². The van der Waals surface area contributed by atoms with Crippen LogP contribution in [0.25, 0.3) is 11.1 Å². The number of aromatic nitrogens is 1. The van der Waals surface area contributed by atoms with E-state index < -0.39 is 11.4 Å². The number of rotatable bonds is 1. The van der Waals surface area contributed by atoms with E-state index in [9.17, 15) is 14.7 Å². The van der Waals surface area contributed by atoms with Crippen LogP contribution in [0.4, 0.5) is 0 Å². The number of halogens is 1. The number of benzene rings is 1.